The largest absolute Gasteiger partial charge is 0.394 e. The SMILES string of the molecule is CC(O)CO.CCC(C)OC1CC1. The van der Waals surface area contributed by atoms with Crippen molar-refractivity contribution in [2.24, 2.45) is 0 Å². The molecule has 3 heteroatoms. The Kier molecular flexibility index (Phi) is 7.23. The quantitative estimate of drug-likeness (QED) is 0.703. The Morgan fingerprint density at radius 2 is 1.85 bits per heavy atom. The van der Waals surface area contributed by atoms with Gasteiger partial charge in [0, 0.05) is 0 Å². The summed E-state index contributed by atoms with van der Waals surface area (Å²) in [6.45, 7) is 5.69. The molecule has 1 aliphatic carbocycles. The third-order valence-electron chi connectivity index (χ3n) is 1.79. The van der Waals surface area contributed by atoms with Crippen LogP contribution in [0.15, 0.2) is 0 Å². The molecule has 2 N–H and O–H groups in total. The van der Waals surface area contributed by atoms with Gasteiger partial charge in [0.2, 0.25) is 0 Å². The van der Waals surface area contributed by atoms with Gasteiger partial charge in [-0.05, 0) is 33.1 Å². The summed E-state index contributed by atoms with van der Waals surface area (Å²) in [4.78, 5) is 0. The molecule has 1 fully saturated rings. The van der Waals surface area contributed by atoms with Gasteiger partial charge in [-0.15, -0.1) is 0 Å². The molecule has 2 unspecified atom stereocenters. The molecular formula is C10H22O3. The number of aliphatic hydroxyl groups is 2. The molecule has 1 aliphatic rings. The average molecular weight is 190 g/mol. The van der Waals surface area contributed by atoms with Crippen molar-refractivity contribution in [1.82, 2.24) is 0 Å². The van der Waals surface area contributed by atoms with E-state index < -0.39 is 6.10 Å². The van der Waals surface area contributed by atoms with E-state index in [1.165, 1.54) is 19.8 Å². The summed E-state index contributed by atoms with van der Waals surface area (Å²) in [7, 11) is 0. The number of aliphatic hydroxyl groups excluding tert-OH is 2. The van der Waals surface area contributed by atoms with Gasteiger partial charge in [-0.25, -0.2) is 0 Å². The Morgan fingerprint density at radius 1 is 1.38 bits per heavy atom. The minimum Gasteiger partial charge on any atom is -0.394 e. The Morgan fingerprint density at radius 3 is 2.08 bits per heavy atom. The molecule has 0 spiro atoms. The van der Waals surface area contributed by atoms with E-state index in [9.17, 15) is 0 Å². The monoisotopic (exact) mass is 190 g/mol. The van der Waals surface area contributed by atoms with Gasteiger partial charge in [0.25, 0.3) is 0 Å². The zero-order chi connectivity index (χ0) is 10.3. The van der Waals surface area contributed by atoms with E-state index in [1.807, 2.05) is 0 Å². The molecule has 0 radical (unpaired) electrons. The van der Waals surface area contributed by atoms with Crippen molar-refractivity contribution in [3.8, 4) is 0 Å². The van der Waals surface area contributed by atoms with Crippen molar-refractivity contribution in [2.75, 3.05) is 6.61 Å². The molecule has 0 heterocycles. The molecule has 0 bridgehead atoms. The van der Waals surface area contributed by atoms with Gasteiger partial charge < -0.3 is 14.9 Å². The van der Waals surface area contributed by atoms with Crippen molar-refractivity contribution < 1.29 is 14.9 Å². The van der Waals surface area contributed by atoms with Gasteiger partial charge >= 0.3 is 0 Å². The number of ether oxygens (including phenoxy) is 1. The smallest absolute Gasteiger partial charge is 0.0742 e. The molecule has 80 valence electrons. The summed E-state index contributed by atoms with van der Waals surface area (Å²) >= 11 is 0. The third-order valence-corrected chi connectivity index (χ3v) is 1.79. The fourth-order valence-electron chi connectivity index (χ4n) is 0.629. The van der Waals surface area contributed by atoms with Crippen LogP contribution in [0.4, 0.5) is 0 Å². The molecule has 1 rings (SSSR count). The van der Waals surface area contributed by atoms with Gasteiger partial charge in [-0.3, -0.25) is 0 Å². The van der Waals surface area contributed by atoms with Crippen LogP contribution in [0.2, 0.25) is 0 Å². The van der Waals surface area contributed by atoms with Crippen molar-refractivity contribution in [3.05, 3.63) is 0 Å². The molecule has 0 aliphatic heterocycles. The highest BCUT2D eigenvalue weighted by molar-refractivity contribution is 4.74. The second kappa shape index (κ2) is 7.30. The lowest BCUT2D eigenvalue weighted by molar-refractivity contribution is 0.0502. The summed E-state index contributed by atoms with van der Waals surface area (Å²) in [5.74, 6) is 0. The van der Waals surface area contributed by atoms with E-state index >= 15 is 0 Å². The molecule has 0 aromatic rings. The summed E-state index contributed by atoms with van der Waals surface area (Å²) < 4.78 is 5.51. The topological polar surface area (TPSA) is 49.7 Å². The van der Waals surface area contributed by atoms with Crippen molar-refractivity contribution in [3.63, 3.8) is 0 Å². The van der Waals surface area contributed by atoms with Crippen LogP contribution in [0.5, 0.6) is 0 Å². The molecule has 13 heavy (non-hydrogen) atoms. The van der Waals surface area contributed by atoms with Gasteiger partial charge in [-0.2, -0.15) is 0 Å². The fraction of sp³-hybridized carbons (Fsp3) is 1.00. The highest BCUT2D eigenvalue weighted by Crippen LogP contribution is 2.25. The highest BCUT2D eigenvalue weighted by atomic mass is 16.5. The Bertz CT molecular complexity index is 111. The lowest BCUT2D eigenvalue weighted by atomic mass is 10.3. The van der Waals surface area contributed by atoms with Crippen LogP contribution in [0.25, 0.3) is 0 Å². The number of hydrogen-bond donors (Lipinski definition) is 2. The first-order valence-electron chi connectivity index (χ1n) is 5.04. The maximum Gasteiger partial charge on any atom is 0.0742 e. The van der Waals surface area contributed by atoms with Crippen LogP contribution in [0.1, 0.15) is 40.0 Å². The summed E-state index contributed by atoms with van der Waals surface area (Å²) in [5.41, 5.74) is 0. The second-order valence-corrected chi connectivity index (χ2v) is 3.59. The molecular weight excluding hydrogens is 168 g/mol. The zero-order valence-corrected chi connectivity index (χ0v) is 8.86. The molecule has 0 saturated heterocycles. The van der Waals surface area contributed by atoms with Crippen LogP contribution in [-0.4, -0.2) is 35.1 Å². The van der Waals surface area contributed by atoms with E-state index in [-0.39, 0.29) is 6.61 Å². The molecule has 0 aromatic heterocycles. The van der Waals surface area contributed by atoms with E-state index in [0.29, 0.717) is 12.2 Å². The summed E-state index contributed by atoms with van der Waals surface area (Å²) in [5, 5.41) is 16.0. The normalized spacial score (nSPS) is 20.1. The number of hydrogen-bond acceptors (Lipinski definition) is 3. The third kappa shape index (κ3) is 9.80. The van der Waals surface area contributed by atoms with E-state index in [1.54, 1.807) is 0 Å². The minimum absolute atomic E-state index is 0.139. The summed E-state index contributed by atoms with van der Waals surface area (Å²) in [6, 6.07) is 0. The van der Waals surface area contributed by atoms with Crippen LogP contribution in [0.3, 0.4) is 0 Å². The van der Waals surface area contributed by atoms with Gasteiger partial charge in [0.15, 0.2) is 0 Å². The minimum atomic E-state index is -0.560. The first-order valence-corrected chi connectivity index (χ1v) is 5.04. The van der Waals surface area contributed by atoms with E-state index in [0.717, 1.165) is 6.42 Å². The van der Waals surface area contributed by atoms with Crippen LogP contribution >= 0.6 is 0 Å². The van der Waals surface area contributed by atoms with Crippen molar-refractivity contribution in [1.29, 1.82) is 0 Å². The Labute approximate surface area is 80.7 Å². The second-order valence-electron chi connectivity index (χ2n) is 3.59. The molecule has 0 amide bonds. The standard InChI is InChI=1S/C7H14O.C3H8O2/c1-3-6(2)8-7-4-5-7;1-3(5)2-4/h6-7H,3-5H2,1-2H3;3-5H,2H2,1H3. The zero-order valence-electron chi connectivity index (χ0n) is 8.86. The van der Waals surface area contributed by atoms with Crippen LogP contribution in [0, 0.1) is 0 Å². The van der Waals surface area contributed by atoms with Gasteiger partial charge in [0.05, 0.1) is 24.9 Å². The molecule has 3 nitrogen and oxygen atoms in total. The molecule has 2 atom stereocenters. The fourth-order valence-corrected chi connectivity index (χ4v) is 0.629. The lowest BCUT2D eigenvalue weighted by Crippen LogP contribution is -2.07. The van der Waals surface area contributed by atoms with Crippen molar-refractivity contribution in [2.45, 2.75) is 58.3 Å². The Hall–Kier alpha value is -0.120. The predicted molar refractivity (Wildman–Crippen MR) is 52.6 cm³/mol. The highest BCUT2D eigenvalue weighted by Gasteiger charge is 2.23. The van der Waals surface area contributed by atoms with Gasteiger partial charge in [-0.1, -0.05) is 6.92 Å². The Balaban J connectivity index is 0.000000252. The first kappa shape index (κ1) is 12.9. The number of rotatable bonds is 4. The predicted octanol–water partition coefficient (Wildman–Crippen LogP) is 1.32. The van der Waals surface area contributed by atoms with Crippen LogP contribution < -0.4 is 0 Å². The molecule has 0 aromatic carbocycles. The van der Waals surface area contributed by atoms with Crippen LogP contribution in [-0.2, 0) is 4.74 Å². The lowest BCUT2D eigenvalue weighted by Gasteiger charge is -2.07. The van der Waals surface area contributed by atoms with E-state index in [4.69, 9.17) is 14.9 Å². The summed E-state index contributed by atoms with van der Waals surface area (Å²) in [6.07, 6.45) is 4.30. The maximum absolute atomic E-state index is 8.11. The van der Waals surface area contributed by atoms with Gasteiger partial charge in [0.1, 0.15) is 0 Å². The first-order chi connectivity index (χ1) is 6.10. The maximum atomic E-state index is 8.11. The van der Waals surface area contributed by atoms with E-state index in [2.05, 4.69) is 13.8 Å². The molecule has 1 saturated carbocycles. The van der Waals surface area contributed by atoms with Crippen molar-refractivity contribution >= 4 is 0 Å². The average Bonchev–Trinajstić information content (AvgIpc) is 2.89.